The van der Waals surface area contributed by atoms with Crippen molar-refractivity contribution in [3.63, 3.8) is 0 Å². The molecule has 4 rings (SSSR count). The molecule has 142 valence electrons. The van der Waals surface area contributed by atoms with E-state index in [4.69, 9.17) is 4.74 Å². The first-order valence-electron chi connectivity index (χ1n) is 9.16. The number of carbonyl (C=O) groups excluding carboxylic acids is 1. The zero-order chi connectivity index (χ0) is 18.5. The van der Waals surface area contributed by atoms with Gasteiger partial charge in [0.1, 0.15) is 0 Å². The van der Waals surface area contributed by atoms with Crippen LogP contribution in [0.25, 0.3) is 0 Å². The van der Waals surface area contributed by atoms with Crippen LogP contribution in [0.2, 0.25) is 0 Å². The molecule has 9 nitrogen and oxygen atoms in total. The molecule has 2 aliphatic heterocycles. The van der Waals surface area contributed by atoms with Gasteiger partial charge in [-0.1, -0.05) is 12.1 Å². The van der Waals surface area contributed by atoms with Gasteiger partial charge >= 0.3 is 0 Å². The minimum absolute atomic E-state index is 0.578. The number of morpholine rings is 1. The van der Waals surface area contributed by atoms with Crippen LogP contribution in [-0.2, 0) is 9.53 Å². The van der Waals surface area contributed by atoms with Crippen LogP contribution in [0.1, 0.15) is 0 Å². The van der Waals surface area contributed by atoms with Gasteiger partial charge in [-0.15, -0.1) is 5.10 Å². The Morgan fingerprint density at radius 3 is 2.56 bits per heavy atom. The predicted octanol–water partition coefficient (Wildman–Crippen LogP) is 0.730. The lowest BCUT2D eigenvalue weighted by molar-refractivity contribution is -0.118. The summed E-state index contributed by atoms with van der Waals surface area (Å²) < 4.78 is 5.45. The summed E-state index contributed by atoms with van der Waals surface area (Å²) in [6.45, 7) is 5.96. The van der Waals surface area contributed by atoms with Gasteiger partial charge in [-0.25, -0.2) is 0 Å². The van der Waals surface area contributed by atoms with Crippen LogP contribution < -0.4 is 15.1 Å². The van der Waals surface area contributed by atoms with E-state index in [2.05, 4.69) is 31.5 Å². The Kier molecular flexibility index (Phi) is 5.29. The Hall–Kier alpha value is -2.94. The van der Waals surface area contributed by atoms with E-state index in [1.54, 1.807) is 11.1 Å². The summed E-state index contributed by atoms with van der Waals surface area (Å²) in [6.07, 6.45) is 2.51. The Labute approximate surface area is 157 Å². The number of ether oxygens (including phenoxy) is 1. The zero-order valence-corrected chi connectivity index (χ0v) is 15.1. The van der Waals surface area contributed by atoms with Crippen LogP contribution in [0.3, 0.4) is 0 Å². The fraction of sp³-hybridized carbons (Fsp3) is 0.444. The fourth-order valence-corrected chi connectivity index (χ4v) is 3.31. The van der Waals surface area contributed by atoms with Crippen molar-refractivity contribution in [2.45, 2.75) is 0 Å². The Morgan fingerprint density at radius 1 is 1.00 bits per heavy atom. The molecule has 2 fully saturated rings. The molecule has 1 amide bonds. The second-order valence-corrected chi connectivity index (χ2v) is 6.51. The molecule has 0 spiro atoms. The second kappa shape index (κ2) is 8.17. The normalized spacial score (nSPS) is 17.7. The number of rotatable bonds is 5. The molecule has 9 heteroatoms. The third kappa shape index (κ3) is 4.08. The molecule has 0 aliphatic carbocycles. The lowest BCUT2D eigenvalue weighted by Crippen LogP contribution is -2.46. The molecular formula is C18H23N7O2. The predicted molar refractivity (Wildman–Crippen MR) is 102 cm³/mol. The van der Waals surface area contributed by atoms with Gasteiger partial charge in [-0.2, -0.15) is 10.1 Å². The molecule has 1 aromatic heterocycles. The SMILES string of the molecule is O=CN1CCN(c2nncc(Nc3ccccc3N3CCOCC3)n2)CC1. The number of nitrogens with one attached hydrogen (secondary N) is 1. The summed E-state index contributed by atoms with van der Waals surface area (Å²) in [4.78, 5) is 21.6. The monoisotopic (exact) mass is 369 g/mol. The molecule has 0 saturated carbocycles. The van der Waals surface area contributed by atoms with Crippen molar-refractivity contribution in [1.29, 1.82) is 0 Å². The number of carbonyl (C=O) groups is 1. The molecule has 1 N–H and O–H groups in total. The highest BCUT2D eigenvalue weighted by molar-refractivity contribution is 5.74. The van der Waals surface area contributed by atoms with E-state index in [-0.39, 0.29) is 0 Å². The van der Waals surface area contributed by atoms with Gasteiger partial charge in [0, 0.05) is 39.3 Å². The molecule has 1 aromatic carbocycles. The van der Waals surface area contributed by atoms with E-state index in [1.165, 1.54) is 0 Å². The number of nitrogens with zero attached hydrogens (tertiary/aromatic N) is 6. The van der Waals surface area contributed by atoms with Gasteiger partial charge < -0.3 is 24.8 Å². The van der Waals surface area contributed by atoms with Crippen molar-refractivity contribution in [3.05, 3.63) is 30.5 Å². The maximum atomic E-state index is 10.9. The van der Waals surface area contributed by atoms with Crippen LogP contribution >= 0.6 is 0 Å². The van der Waals surface area contributed by atoms with Crippen molar-refractivity contribution < 1.29 is 9.53 Å². The second-order valence-electron chi connectivity index (χ2n) is 6.51. The highest BCUT2D eigenvalue weighted by Gasteiger charge is 2.19. The van der Waals surface area contributed by atoms with Gasteiger partial charge in [0.05, 0.1) is 30.8 Å². The van der Waals surface area contributed by atoms with E-state index in [0.717, 1.165) is 44.1 Å². The molecular weight excluding hydrogens is 346 g/mol. The smallest absolute Gasteiger partial charge is 0.247 e. The van der Waals surface area contributed by atoms with Crippen molar-refractivity contribution in [3.8, 4) is 0 Å². The van der Waals surface area contributed by atoms with Crippen molar-refractivity contribution in [1.82, 2.24) is 20.1 Å². The van der Waals surface area contributed by atoms with E-state index in [9.17, 15) is 4.79 Å². The minimum atomic E-state index is 0.578. The van der Waals surface area contributed by atoms with Crippen LogP contribution in [0.5, 0.6) is 0 Å². The average Bonchev–Trinajstić information content (AvgIpc) is 2.75. The van der Waals surface area contributed by atoms with Gasteiger partial charge in [0.15, 0.2) is 5.82 Å². The summed E-state index contributed by atoms with van der Waals surface area (Å²) in [5, 5.41) is 11.6. The number of benzene rings is 1. The molecule has 2 aliphatic rings. The maximum absolute atomic E-state index is 10.9. The number of hydrogen-bond donors (Lipinski definition) is 1. The average molecular weight is 369 g/mol. The van der Waals surface area contributed by atoms with Crippen molar-refractivity contribution in [2.75, 3.05) is 67.6 Å². The molecule has 0 radical (unpaired) electrons. The molecule has 0 atom stereocenters. The Morgan fingerprint density at radius 2 is 1.78 bits per heavy atom. The van der Waals surface area contributed by atoms with Crippen LogP contribution in [0, 0.1) is 0 Å². The summed E-state index contributed by atoms with van der Waals surface area (Å²) in [5.74, 6) is 1.23. The van der Waals surface area contributed by atoms with Gasteiger partial charge in [-0.05, 0) is 12.1 Å². The Balaban J connectivity index is 1.50. The summed E-state index contributed by atoms with van der Waals surface area (Å²) >= 11 is 0. The van der Waals surface area contributed by atoms with E-state index in [0.29, 0.717) is 37.9 Å². The quantitative estimate of drug-likeness (QED) is 0.772. The fourth-order valence-electron chi connectivity index (χ4n) is 3.31. The first-order valence-corrected chi connectivity index (χ1v) is 9.16. The first kappa shape index (κ1) is 17.5. The van der Waals surface area contributed by atoms with Crippen LogP contribution in [0.4, 0.5) is 23.1 Å². The van der Waals surface area contributed by atoms with Crippen molar-refractivity contribution >= 4 is 29.6 Å². The molecule has 2 saturated heterocycles. The number of anilines is 4. The molecule has 2 aromatic rings. The first-order chi connectivity index (χ1) is 13.3. The van der Waals surface area contributed by atoms with Gasteiger partial charge in [-0.3, -0.25) is 4.79 Å². The number of aromatic nitrogens is 3. The highest BCUT2D eigenvalue weighted by Crippen LogP contribution is 2.28. The van der Waals surface area contributed by atoms with Crippen LogP contribution in [0.15, 0.2) is 30.5 Å². The summed E-state index contributed by atoms with van der Waals surface area (Å²) in [6, 6.07) is 8.17. The number of para-hydroxylation sites is 2. The molecule has 0 bridgehead atoms. The molecule has 0 unspecified atom stereocenters. The molecule has 27 heavy (non-hydrogen) atoms. The van der Waals surface area contributed by atoms with Crippen molar-refractivity contribution in [2.24, 2.45) is 0 Å². The van der Waals surface area contributed by atoms with E-state index >= 15 is 0 Å². The number of piperazine rings is 1. The van der Waals surface area contributed by atoms with Gasteiger partial charge in [0.25, 0.3) is 0 Å². The van der Waals surface area contributed by atoms with Crippen LogP contribution in [-0.4, -0.2) is 79.0 Å². The highest BCUT2D eigenvalue weighted by atomic mass is 16.5. The third-order valence-corrected chi connectivity index (χ3v) is 4.81. The molecule has 3 heterocycles. The topological polar surface area (TPSA) is 86.7 Å². The zero-order valence-electron chi connectivity index (χ0n) is 15.1. The maximum Gasteiger partial charge on any atom is 0.247 e. The summed E-state index contributed by atoms with van der Waals surface area (Å²) in [5.41, 5.74) is 2.11. The minimum Gasteiger partial charge on any atom is -0.378 e. The van der Waals surface area contributed by atoms with E-state index in [1.807, 2.05) is 23.1 Å². The third-order valence-electron chi connectivity index (χ3n) is 4.81. The standard InChI is InChI=1S/C18H23N7O2/c26-14-23-5-7-25(8-6-23)18-21-17(13-19-22-18)20-15-3-1-2-4-16(15)24-9-11-27-12-10-24/h1-4,13-14H,5-12H2,(H,20,21,22). The lowest BCUT2D eigenvalue weighted by Gasteiger charge is -2.32. The lowest BCUT2D eigenvalue weighted by atomic mass is 10.2. The number of amides is 1. The van der Waals surface area contributed by atoms with E-state index < -0.39 is 0 Å². The summed E-state index contributed by atoms with van der Waals surface area (Å²) in [7, 11) is 0. The number of hydrogen-bond acceptors (Lipinski definition) is 8. The Bertz CT molecular complexity index is 774. The van der Waals surface area contributed by atoms with Gasteiger partial charge in [0.2, 0.25) is 12.4 Å². The largest absolute Gasteiger partial charge is 0.378 e.